The number of carbonyl (C=O) groups excluding carboxylic acids is 1. The highest BCUT2D eigenvalue weighted by molar-refractivity contribution is 9.10. The predicted octanol–water partition coefficient (Wildman–Crippen LogP) is 3.47. The zero-order chi connectivity index (χ0) is 14.8. The van der Waals surface area contributed by atoms with E-state index >= 15 is 0 Å². The van der Waals surface area contributed by atoms with Crippen LogP contribution >= 0.6 is 26.6 Å². The van der Waals surface area contributed by atoms with Crippen LogP contribution in [0, 0.1) is 5.82 Å². The van der Waals surface area contributed by atoms with Crippen LogP contribution in [-0.2, 0) is 13.8 Å². The molecule has 0 bridgehead atoms. The van der Waals surface area contributed by atoms with E-state index in [-0.39, 0.29) is 16.1 Å². The average Bonchev–Trinajstić information content (AvgIpc) is 2.29. The second-order valence-electron chi connectivity index (χ2n) is 3.83. The summed E-state index contributed by atoms with van der Waals surface area (Å²) in [5, 5.41) is 0. The highest BCUT2D eigenvalue weighted by Gasteiger charge is 2.23. The first-order valence-corrected chi connectivity index (χ1v) is 8.41. The number of ether oxygens (including phenoxy) is 1. The lowest BCUT2D eigenvalue weighted by Crippen LogP contribution is -2.15. The van der Waals surface area contributed by atoms with E-state index in [1.807, 2.05) is 6.92 Å². The Morgan fingerprint density at radius 3 is 2.58 bits per heavy atom. The van der Waals surface area contributed by atoms with Gasteiger partial charge in [-0.25, -0.2) is 17.6 Å². The first-order valence-electron chi connectivity index (χ1n) is 5.31. The van der Waals surface area contributed by atoms with Crippen LogP contribution < -0.4 is 0 Å². The van der Waals surface area contributed by atoms with Crippen LogP contribution in [0.2, 0.25) is 0 Å². The van der Waals surface area contributed by atoms with Gasteiger partial charge in [0.05, 0.1) is 16.1 Å². The molecule has 0 aliphatic carbocycles. The lowest BCUT2D eigenvalue weighted by molar-refractivity contribution is 0.0332. The lowest BCUT2D eigenvalue weighted by atomic mass is 10.2. The van der Waals surface area contributed by atoms with Crippen molar-refractivity contribution < 1.29 is 22.3 Å². The molecule has 1 aromatic rings. The van der Waals surface area contributed by atoms with Crippen LogP contribution in [0.15, 0.2) is 21.5 Å². The highest BCUT2D eigenvalue weighted by atomic mass is 79.9. The van der Waals surface area contributed by atoms with Gasteiger partial charge in [0.25, 0.3) is 9.05 Å². The van der Waals surface area contributed by atoms with Gasteiger partial charge < -0.3 is 4.74 Å². The molecule has 0 heterocycles. The van der Waals surface area contributed by atoms with Gasteiger partial charge in [-0.1, -0.05) is 6.92 Å². The molecule has 0 aromatic heterocycles. The summed E-state index contributed by atoms with van der Waals surface area (Å²) < 4.78 is 40.8. The Labute approximate surface area is 123 Å². The molecule has 0 aliphatic heterocycles. The predicted molar refractivity (Wildman–Crippen MR) is 72.3 cm³/mol. The highest BCUT2D eigenvalue weighted by Crippen LogP contribution is 2.30. The van der Waals surface area contributed by atoms with Gasteiger partial charge in [0.1, 0.15) is 10.7 Å². The third-order valence-electron chi connectivity index (χ3n) is 2.37. The molecule has 0 saturated carbocycles. The fourth-order valence-electron chi connectivity index (χ4n) is 1.22. The van der Waals surface area contributed by atoms with Crippen LogP contribution in [-0.4, -0.2) is 20.5 Å². The van der Waals surface area contributed by atoms with E-state index in [1.165, 1.54) is 0 Å². The Bertz CT molecular complexity index is 603. The number of hydrogen-bond donors (Lipinski definition) is 0. The molecule has 0 N–H and O–H groups in total. The first-order chi connectivity index (χ1) is 8.66. The number of rotatable bonds is 4. The monoisotopic (exact) mass is 372 g/mol. The van der Waals surface area contributed by atoms with Crippen molar-refractivity contribution in [1.29, 1.82) is 0 Å². The Morgan fingerprint density at radius 1 is 1.53 bits per heavy atom. The van der Waals surface area contributed by atoms with Crippen LogP contribution in [0.1, 0.15) is 30.6 Å². The van der Waals surface area contributed by atoms with Crippen molar-refractivity contribution in [2.24, 2.45) is 0 Å². The van der Waals surface area contributed by atoms with E-state index in [0.717, 1.165) is 12.1 Å². The summed E-state index contributed by atoms with van der Waals surface area (Å²) in [6, 6.07) is 1.62. The molecule has 1 atom stereocenters. The summed E-state index contributed by atoms with van der Waals surface area (Å²) in [6.07, 6.45) is 0.220. The van der Waals surface area contributed by atoms with Gasteiger partial charge in [-0.15, -0.1) is 0 Å². The SMILES string of the molecule is CCC(C)OC(=O)c1cc(F)cc(S(=O)(=O)Cl)c1Br. The second kappa shape index (κ2) is 6.19. The fourth-order valence-corrected chi connectivity index (χ4v) is 3.47. The van der Waals surface area contributed by atoms with E-state index in [1.54, 1.807) is 6.92 Å². The zero-order valence-corrected chi connectivity index (χ0v) is 13.3. The molecule has 8 heteroatoms. The minimum atomic E-state index is -4.17. The van der Waals surface area contributed by atoms with Gasteiger partial charge in [0.15, 0.2) is 0 Å². The van der Waals surface area contributed by atoms with Gasteiger partial charge in [0.2, 0.25) is 0 Å². The van der Waals surface area contributed by atoms with E-state index in [2.05, 4.69) is 15.9 Å². The smallest absolute Gasteiger partial charge is 0.339 e. The fraction of sp³-hybridized carbons (Fsp3) is 0.364. The van der Waals surface area contributed by atoms with Gasteiger partial charge in [-0.3, -0.25) is 0 Å². The Kier molecular flexibility index (Phi) is 5.34. The normalized spacial score (nSPS) is 13.1. The van der Waals surface area contributed by atoms with Gasteiger partial charge >= 0.3 is 5.97 Å². The van der Waals surface area contributed by atoms with E-state index in [9.17, 15) is 17.6 Å². The van der Waals surface area contributed by atoms with Crippen molar-refractivity contribution in [3.8, 4) is 0 Å². The summed E-state index contributed by atoms with van der Waals surface area (Å²) in [5.74, 6) is -1.71. The zero-order valence-electron chi connectivity index (χ0n) is 10.1. The molecule has 1 unspecified atom stereocenters. The maximum Gasteiger partial charge on any atom is 0.339 e. The van der Waals surface area contributed by atoms with Crippen LogP contribution in [0.25, 0.3) is 0 Å². The minimum Gasteiger partial charge on any atom is -0.459 e. The number of hydrogen-bond acceptors (Lipinski definition) is 4. The lowest BCUT2D eigenvalue weighted by Gasteiger charge is -2.12. The Hall–Kier alpha value is -0.660. The molecule has 1 aromatic carbocycles. The molecular formula is C11H11BrClFO4S. The van der Waals surface area contributed by atoms with Gasteiger partial charge in [0, 0.05) is 10.7 Å². The van der Waals surface area contributed by atoms with Crippen molar-refractivity contribution in [3.05, 3.63) is 28.0 Å². The van der Waals surface area contributed by atoms with Gasteiger partial charge in [-0.05, 0) is 41.4 Å². The molecule has 0 saturated heterocycles. The van der Waals surface area contributed by atoms with E-state index in [4.69, 9.17) is 15.4 Å². The average molecular weight is 374 g/mol. The van der Waals surface area contributed by atoms with Crippen molar-refractivity contribution in [1.82, 2.24) is 0 Å². The van der Waals surface area contributed by atoms with Crippen molar-refractivity contribution in [2.75, 3.05) is 0 Å². The largest absolute Gasteiger partial charge is 0.459 e. The Balaban J connectivity index is 3.30. The van der Waals surface area contributed by atoms with Crippen molar-refractivity contribution >= 4 is 41.6 Å². The molecule has 0 fully saturated rings. The topological polar surface area (TPSA) is 60.4 Å². The maximum atomic E-state index is 13.4. The molecule has 0 amide bonds. The summed E-state index contributed by atoms with van der Waals surface area (Å²) in [5.41, 5.74) is -0.223. The van der Waals surface area contributed by atoms with Crippen molar-refractivity contribution in [2.45, 2.75) is 31.3 Å². The summed E-state index contributed by atoms with van der Waals surface area (Å²) in [6.45, 7) is 3.48. The third-order valence-corrected chi connectivity index (χ3v) is 4.83. The first kappa shape index (κ1) is 16.4. The number of benzene rings is 1. The number of esters is 1. The van der Waals surface area contributed by atoms with E-state index in [0.29, 0.717) is 6.42 Å². The third kappa shape index (κ3) is 4.15. The summed E-state index contributed by atoms with van der Waals surface area (Å²) in [4.78, 5) is 11.3. The molecule has 4 nitrogen and oxygen atoms in total. The van der Waals surface area contributed by atoms with E-state index < -0.39 is 25.7 Å². The molecule has 0 radical (unpaired) electrons. The van der Waals surface area contributed by atoms with Crippen molar-refractivity contribution in [3.63, 3.8) is 0 Å². The van der Waals surface area contributed by atoms with Crippen LogP contribution in [0.4, 0.5) is 4.39 Å². The molecule has 106 valence electrons. The molecule has 0 spiro atoms. The quantitative estimate of drug-likeness (QED) is 0.599. The number of halogens is 3. The molecule has 19 heavy (non-hydrogen) atoms. The van der Waals surface area contributed by atoms with Crippen LogP contribution in [0.3, 0.4) is 0 Å². The van der Waals surface area contributed by atoms with Gasteiger partial charge in [-0.2, -0.15) is 0 Å². The standard InChI is InChI=1S/C11H11BrClFO4S/c1-3-6(2)18-11(15)8-4-7(14)5-9(10(8)12)19(13,16)17/h4-6H,3H2,1-2H3. The maximum absolute atomic E-state index is 13.4. The molecule has 1 rings (SSSR count). The summed E-state index contributed by atoms with van der Waals surface area (Å²) >= 11 is 2.93. The van der Waals surface area contributed by atoms with Crippen LogP contribution in [0.5, 0.6) is 0 Å². The molecule has 0 aliphatic rings. The minimum absolute atomic E-state index is 0.114. The summed E-state index contributed by atoms with van der Waals surface area (Å²) in [7, 11) is 1.00. The Morgan fingerprint density at radius 2 is 2.11 bits per heavy atom. The number of carbonyl (C=O) groups is 1. The molecular weight excluding hydrogens is 363 g/mol. The second-order valence-corrected chi connectivity index (χ2v) is 7.15.